The van der Waals surface area contributed by atoms with Crippen LogP contribution in [0.2, 0.25) is 16.6 Å². The van der Waals surface area contributed by atoms with Crippen molar-refractivity contribution >= 4 is 41.7 Å². The van der Waals surface area contributed by atoms with Crippen molar-refractivity contribution in [3.63, 3.8) is 0 Å². The number of rotatable bonds is 11. The van der Waals surface area contributed by atoms with E-state index in [1.54, 1.807) is 11.0 Å². The summed E-state index contributed by atoms with van der Waals surface area (Å²) in [5.74, 6) is 2.58. The Morgan fingerprint density at radius 1 is 0.969 bits per heavy atom. The highest BCUT2D eigenvalue weighted by Gasteiger charge is 2.50. The zero-order valence-corrected chi connectivity index (χ0v) is 40.1. The van der Waals surface area contributed by atoms with Crippen LogP contribution in [-0.4, -0.2) is 110 Å². The van der Waals surface area contributed by atoms with Crippen LogP contribution in [0.3, 0.4) is 0 Å². The molecule has 1 amide bonds. The van der Waals surface area contributed by atoms with Crippen molar-refractivity contribution in [1.82, 2.24) is 19.8 Å². The van der Waals surface area contributed by atoms with Gasteiger partial charge in [-0.25, -0.2) is 18.0 Å². The van der Waals surface area contributed by atoms with Crippen molar-refractivity contribution in [2.45, 2.75) is 140 Å². The van der Waals surface area contributed by atoms with Crippen molar-refractivity contribution in [1.29, 1.82) is 0 Å². The Bertz CT molecular complexity index is 2460. The monoisotopic (exact) mass is 899 g/mol. The van der Waals surface area contributed by atoms with E-state index in [1.807, 2.05) is 49.9 Å². The number of piperidine rings is 2. The molecule has 4 aromatic rings. The largest absolute Gasteiger partial charge is 0.468 e. The summed E-state index contributed by atoms with van der Waals surface area (Å²) in [7, 11) is -0.693. The fourth-order valence-corrected chi connectivity index (χ4v) is 16.7. The number of carbonyl (C=O) groups is 1. The second-order valence-electron chi connectivity index (χ2n) is 20.4. The van der Waals surface area contributed by atoms with Crippen LogP contribution in [0.4, 0.5) is 23.8 Å². The first-order valence-corrected chi connectivity index (χ1v) is 25.3. The number of hydrogen-bond donors (Lipinski definition) is 0. The lowest BCUT2D eigenvalue weighted by Gasteiger charge is -2.51. The molecular formula is C50H64F3N5O5Si. The number of amides is 1. The van der Waals surface area contributed by atoms with E-state index in [-0.39, 0.29) is 59.6 Å². The van der Waals surface area contributed by atoms with Crippen LogP contribution in [0.25, 0.3) is 32.8 Å². The summed E-state index contributed by atoms with van der Waals surface area (Å²) in [5, 5.41) is 1.49. The summed E-state index contributed by atoms with van der Waals surface area (Å²) in [6, 6.07) is 10.0. The van der Waals surface area contributed by atoms with Gasteiger partial charge in [0, 0.05) is 61.1 Å². The second-order valence-corrected chi connectivity index (χ2v) is 26.0. The smallest absolute Gasteiger partial charge is 0.410 e. The van der Waals surface area contributed by atoms with Crippen molar-refractivity contribution in [3.8, 4) is 34.4 Å². The van der Waals surface area contributed by atoms with E-state index in [9.17, 15) is 9.18 Å². The van der Waals surface area contributed by atoms with Gasteiger partial charge in [0.25, 0.3) is 0 Å². The predicted molar refractivity (Wildman–Crippen MR) is 248 cm³/mol. The molecule has 5 aliphatic rings. The fraction of sp³-hybridized carbons (Fsp3) is 0.580. The topological polar surface area (TPSA) is 89.5 Å². The summed E-state index contributed by atoms with van der Waals surface area (Å²) >= 11 is 0. The molecule has 5 saturated heterocycles. The number of anilines is 1. The molecule has 3 aromatic carbocycles. The first-order chi connectivity index (χ1) is 30.4. The summed E-state index contributed by atoms with van der Waals surface area (Å²) in [4.78, 5) is 28.9. The number of nitrogens with zero attached hydrogens (tertiary/aromatic N) is 5. The molecular weight excluding hydrogens is 836 g/mol. The van der Waals surface area contributed by atoms with Crippen LogP contribution in [0, 0.1) is 23.1 Å². The molecule has 2 bridgehead atoms. The summed E-state index contributed by atoms with van der Waals surface area (Å²) < 4.78 is 73.6. The number of aromatic nitrogens is 2. The minimum Gasteiger partial charge on any atom is -0.468 e. The number of fused-ring (bicyclic) bond motifs is 6. The quantitative estimate of drug-likeness (QED) is 0.0829. The number of methoxy groups -OCH3 is 1. The van der Waals surface area contributed by atoms with E-state index in [0.29, 0.717) is 70.6 Å². The summed E-state index contributed by atoms with van der Waals surface area (Å²) in [6.07, 6.45) is 2.16. The van der Waals surface area contributed by atoms with E-state index in [2.05, 4.69) is 57.9 Å². The second kappa shape index (κ2) is 17.7. The average Bonchev–Trinajstić information content (AvgIpc) is 3.77. The number of hydrogen-bond acceptors (Lipinski definition) is 9. The van der Waals surface area contributed by atoms with Gasteiger partial charge < -0.3 is 28.7 Å². The maximum atomic E-state index is 18.0. The van der Waals surface area contributed by atoms with Gasteiger partial charge in [-0.2, -0.15) is 9.97 Å². The lowest BCUT2D eigenvalue weighted by atomic mass is 9.90. The van der Waals surface area contributed by atoms with E-state index in [4.69, 9.17) is 28.9 Å². The highest BCUT2D eigenvalue weighted by atomic mass is 28.3. The Kier molecular flexibility index (Phi) is 12.7. The Balaban J connectivity index is 1.30. The molecule has 6 heterocycles. The molecule has 0 spiro atoms. The highest BCUT2D eigenvalue weighted by molar-refractivity contribution is 6.90. The molecule has 14 heteroatoms. The molecule has 344 valence electrons. The number of ether oxygens (including phenoxy) is 4. The number of benzene rings is 3. The zero-order chi connectivity index (χ0) is 45.9. The third-order valence-electron chi connectivity index (χ3n) is 14.3. The zero-order valence-electron chi connectivity index (χ0n) is 39.1. The van der Waals surface area contributed by atoms with Gasteiger partial charge in [-0.1, -0.05) is 59.6 Å². The van der Waals surface area contributed by atoms with Crippen molar-refractivity contribution < 1.29 is 36.9 Å². The van der Waals surface area contributed by atoms with E-state index in [1.165, 1.54) is 13.2 Å². The van der Waals surface area contributed by atoms with Crippen LogP contribution in [0.1, 0.15) is 100.0 Å². The molecule has 0 saturated carbocycles. The van der Waals surface area contributed by atoms with Crippen LogP contribution < -0.4 is 14.4 Å². The molecule has 4 atom stereocenters. The molecule has 5 aliphatic heterocycles. The van der Waals surface area contributed by atoms with Gasteiger partial charge in [0.15, 0.2) is 12.6 Å². The molecule has 10 nitrogen and oxygen atoms in total. The SMILES string of the molecule is COCOc1cc(-c2c(F)cc3c(N4C[C@H]5CC[C@H]4CN5C(=O)OC(C)(C)C)nc(OC[C@@]45CCCN4C[C@H](F)C5)nc3c2F)c2c(C#C[Si](C(C)C)(C(C)C)C(C)C)cccc2c1. The van der Waals surface area contributed by atoms with Gasteiger partial charge in [0.1, 0.15) is 49.4 Å². The minimum atomic E-state index is -2.21. The number of alkyl halides is 1. The molecule has 0 aliphatic carbocycles. The maximum Gasteiger partial charge on any atom is 0.410 e. The lowest BCUT2D eigenvalue weighted by Crippen LogP contribution is -2.64. The number of carbonyl (C=O) groups excluding carboxylic acids is 1. The molecule has 0 N–H and O–H groups in total. The summed E-state index contributed by atoms with van der Waals surface area (Å²) in [5.41, 5.74) is 4.32. The van der Waals surface area contributed by atoms with Crippen molar-refractivity contribution in [3.05, 3.63) is 53.6 Å². The predicted octanol–water partition coefficient (Wildman–Crippen LogP) is 10.8. The van der Waals surface area contributed by atoms with Gasteiger partial charge in [0.2, 0.25) is 0 Å². The first-order valence-electron chi connectivity index (χ1n) is 23.1. The lowest BCUT2D eigenvalue weighted by molar-refractivity contribution is 0.000786. The molecule has 0 unspecified atom stereocenters. The molecule has 1 aromatic heterocycles. The number of halogens is 3. The minimum absolute atomic E-state index is 0.0683. The number of piperazine rings is 1. The normalized spacial score (nSPS) is 22.5. The van der Waals surface area contributed by atoms with Gasteiger partial charge in [-0.3, -0.25) is 4.90 Å². The fourth-order valence-electron chi connectivity index (χ4n) is 11.5. The standard InChI is InChI=1S/C50H64F3N5O5Si/c1-30(2)64(31(3)4,32(5)6)20-17-33-13-11-14-34-21-38(62-29-60-10)22-39(42(33)34)43-41(52)23-40-45(44(43)53)54-47(61-28-50-18-12-19-56(50)25-35(51)24-50)55-46(40)57-26-37-16-15-36(57)27-58(37)48(59)63-49(7,8)9/h11,13-14,21-23,30-32,35-37H,12,15-16,18-19,24-29H2,1-10H3/t35-,36+,37-,50+/m1/s1. The third-order valence-corrected chi connectivity index (χ3v) is 20.6. The van der Waals surface area contributed by atoms with Crippen LogP contribution >= 0.6 is 0 Å². The Morgan fingerprint density at radius 2 is 1.70 bits per heavy atom. The van der Waals surface area contributed by atoms with E-state index in [0.717, 1.165) is 32.2 Å². The summed E-state index contributed by atoms with van der Waals surface area (Å²) in [6.45, 7) is 21.0. The Labute approximate surface area is 377 Å². The maximum absolute atomic E-state index is 18.0. The van der Waals surface area contributed by atoms with Crippen LogP contribution in [0.15, 0.2) is 36.4 Å². The highest BCUT2D eigenvalue weighted by Crippen LogP contribution is 2.45. The molecule has 9 rings (SSSR count). The Hall–Kier alpha value is -4.58. The van der Waals surface area contributed by atoms with Crippen LogP contribution in [-0.2, 0) is 9.47 Å². The van der Waals surface area contributed by atoms with Gasteiger partial charge in [-0.05, 0) is 99.3 Å². The van der Waals surface area contributed by atoms with E-state index < -0.39 is 37.0 Å². The van der Waals surface area contributed by atoms with Gasteiger partial charge in [-0.15, -0.1) is 5.54 Å². The van der Waals surface area contributed by atoms with Gasteiger partial charge in [0.05, 0.1) is 17.1 Å². The van der Waals surface area contributed by atoms with Crippen molar-refractivity contribution in [2.24, 2.45) is 0 Å². The average molecular weight is 900 g/mol. The molecule has 5 fully saturated rings. The van der Waals surface area contributed by atoms with Crippen LogP contribution in [0.5, 0.6) is 11.8 Å². The van der Waals surface area contributed by atoms with Gasteiger partial charge >= 0.3 is 12.1 Å². The van der Waals surface area contributed by atoms with E-state index >= 15 is 8.78 Å². The first kappa shape index (κ1) is 46.0. The Morgan fingerprint density at radius 3 is 2.38 bits per heavy atom. The van der Waals surface area contributed by atoms with Crippen molar-refractivity contribution in [2.75, 3.05) is 51.6 Å². The molecule has 64 heavy (non-hydrogen) atoms. The third kappa shape index (κ3) is 8.41. The molecule has 0 radical (unpaired) electrons.